The van der Waals surface area contributed by atoms with Crippen LogP contribution in [0.1, 0.15) is 0 Å². The standard InChI is InChI=1S/C9H8FN3O2S/c10-7-2-1-3-8(4-7)13-16(14,15)9-5-11-12-6-9/h1-6,13H,(H,11,12). The van der Waals surface area contributed by atoms with Gasteiger partial charge in [0.2, 0.25) is 0 Å². The van der Waals surface area contributed by atoms with Gasteiger partial charge in [-0.15, -0.1) is 0 Å². The summed E-state index contributed by atoms with van der Waals surface area (Å²) in [7, 11) is -3.70. The van der Waals surface area contributed by atoms with Crippen molar-refractivity contribution in [3.8, 4) is 0 Å². The zero-order valence-corrected chi connectivity index (χ0v) is 8.83. The van der Waals surface area contributed by atoms with E-state index < -0.39 is 15.8 Å². The van der Waals surface area contributed by atoms with E-state index in [0.717, 1.165) is 6.07 Å². The van der Waals surface area contributed by atoms with Crippen molar-refractivity contribution >= 4 is 15.7 Å². The average Bonchev–Trinajstić information content (AvgIpc) is 2.69. The van der Waals surface area contributed by atoms with Crippen LogP contribution in [-0.4, -0.2) is 18.6 Å². The van der Waals surface area contributed by atoms with Crippen LogP contribution in [-0.2, 0) is 10.0 Å². The molecule has 0 aliphatic rings. The predicted molar refractivity (Wildman–Crippen MR) is 55.8 cm³/mol. The van der Waals surface area contributed by atoms with Gasteiger partial charge < -0.3 is 0 Å². The second-order valence-electron chi connectivity index (χ2n) is 3.05. The maximum Gasteiger partial charge on any atom is 0.265 e. The molecule has 2 aromatic rings. The molecule has 0 unspecified atom stereocenters. The van der Waals surface area contributed by atoms with Crippen molar-refractivity contribution in [2.24, 2.45) is 0 Å². The highest BCUT2D eigenvalue weighted by Gasteiger charge is 2.15. The first-order chi connectivity index (χ1) is 7.58. The largest absolute Gasteiger partial charge is 0.284 e. The Kier molecular flexibility index (Phi) is 2.61. The summed E-state index contributed by atoms with van der Waals surface area (Å²) in [4.78, 5) is -0.00300. The van der Waals surface area contributed by atoms with Crippen molar-refractivity contribution in [3.05, 3.63) is 42.5 Å². The molecule has 0 radical (unpaired) electrons. The first-order valence-electron chi connectivity index (χ1n) is 4.35. The Bertz CT molecular complexity index is 581. The fourth-order valence-electron chi connectivity index (χ4n) is 1.15. The summed E-state index contributed by atoms with van der Waals surface area (Å²) in [5.74, 6) is -0.507. The van der Waals surface area contributed by atoms with Crippen LogP contribution in [0.3, 0.4) is 0 Å². The minimum Gasteiger partial charge on any atom is -0.284 e. The summed E-state index contributed by atoms with van der Waals surface area (Å²) >= 11 is 0. The van der Waals surface area contributed by atoms with Crippen LogP contribution in [0, 0.1) is 5.82 Å². The van der Waals surface area contributed by atoms with Gasteiger partial charge in [-0.25, -0.2) is 12.8 Å². The molecule has 0 bridgehead atoms. The Labute approximate surface area is 91.4 Å². The second-order valence-corrected chi connectivity index (χ2v) is 4.73. The Balaban J connectivity index is 2.29. The molecule has 0 atom stereocenters. The summed E-state index contributed by atoms with van der Waals surface area (Å²) < 4.78 is 38.4. The Morgan fingerprint density at radius 3 is 2.81 bits per heavy atom. The molecule has 1 heterocycles. The maximum atomic E-state index is 12.8. The molecule has 0 aliphatic heterocycles. The number of nitrogens with zero attached hydrogens (tertiary/aromatic N) is 1. The van der Waals surface area contributed by atoms with Crippen LogP contribution in [0.5, 0.6) is 0 Å². The lowest BCUT2D eigenvalue weighted by atomic mass is 10.3. The minimum atomic E-state index is -3.70. The molecule has 0 amide bonds. The van der Waals surface area contributed by atoms with Gasteiger partial charge in [-0.1, -0.05) is 6.07 Å². The molecule has 16 heavy (non-hydrogen) atoms. The molecular formula is C9H8FN3O2S. The number of benzene rings is 1. The zero-order valence-electron chi connectivity index (χ0n) is 8.01. The molecule has 1 aromatic heterocycles. The Hall–Kier alpha value is -1.89. The Morgan fingerprint density at radius 1 is 1.38 bits per heavy atom. The molecule has 0 fully saturated rings. The topological polar surface area (TPSA) is 74.8 Å². The minimum absolute atomic E-state index is 0.00300. The molecule has 84 valence electrons. The van der Waals surface area contributed by atoms with Gasteiger partial charge in [-0.2, -0.15) is 5.10 Å². The second kappa shape index (κ2) is 3.93. The SMILES string of the molecule is O=S(=O)(Nc1cccc(F)c1)c1cn[nH]c1. The molecule has 2 rings (SSSR count). The van der Waals surface area contributed by atoms with Gasteiger partial charge in [0.15, 0.2) is 0 Å². The molecule has 0 aliphatic carbocycles. The number of aromatic nitrogens is 2. The third kappa shape index (κ3) is 2.19. The van der Waals surface area contributed by atoms with Crippen LogP contribution in [0.15, 0.2) is 41.6 Å². The van der Waals surface area contributed by atoms with Crippen molar-refractivity contribution < 1.29 is 12.8 Å². The van der Waals surface area contributed by atoms with E-state index in [4.69, 9.17) is 0 Å². The van der Waals surface area contributed by atoms with E-state index in [1.807, 2.05) is 0 Å². The average molecular weight is 241 g/mol. The van der Waals surface area contributed by atoms with Gasteiger partial charge in [0.25, 0.3) is 10.0 Å². The van der Waals surface area contributed by atoms with Crippen LogP contribution in [0.4, 0.5) is 10.1 Å². The third-order valence-corrected chi connectivity index (χ3v) is 3.21. The summed E-state index contributed by atoms with van der Waals surface area (Å²) in [6.45, 7) is 0. The van der Waals surface area contributed by atoms with Crippen molar-refractivity contribution in [2.45, 2.75) is 4.90 Å². The fraction of sp³-hybridized carbons (Fsp3) is 0. The molecule has 0 saturated carbocycles. The summed E-state index contributed by atoms with van der Waals surface area (Å²) in [6, 6.07) is 5.20. The number of sulfonamides is 1. The lowest BCUT2D eigenvalue weighted by molar-refractivity contribution is 0.601. The van der Waals surface area contributed by atoms with Crippen LogP contribution >= 0.6 is 0 Å². The highest BCUT2D eigenvalue weighted by atomic mass is 32.2. The molecule has 1 aromatic carbocycles. The number of rotatable bonds is 3. The molecule has 7 heteroatoms. The van der Waals surface area contributed by atoms with Crippen molar-refractivity contribution in [1.29, 1.82) is 0 Å². The van der Waals surface area contributed by atoms with Crippen LogP contribution in [0.2, 0.25) is 0 Å². The number of aromatic amines is 1. The first-order valence-corrected chi connectivity index (χ1v) is 5.83. The lowest BCUT2D eigenvalue weighted by Gasteiger charge is -2.05. The van der Waals surface area contributed by atoms with Crippen molar-refractivity contribution in [2.75, 3.05) is 4.72 Å². The number of nitrogens with one attached hydrogen (secondary N) is 2. The molecule has 5 nitrogen and oxygen atoms in total. The molecule has 2 N–H and O–H groups in total. The number of hydrogen-bond donors (Lipinski definition) is 2. The molecular weight excluding hydrogens is 233 g/mol. The molecule has 0 saturated heterocycles. The highest BCUT2D eigenvalue weighted by Crippen LogP contribution is 2.15. The van der Waals surface area contributed by atoms with Gasteiger partial charge in [0.05, 0.1) is 11.9 Å². The summed E-state index contributed by atoms with van der Waals surface area (Å²) in [5, 5.41) is 5.92. The lowest BCUT2D eigenvalue weighted by Crippen LogP contribution is -2.12. The van der Waals surface area contributed by atoms with Gasteiger partial charge >= 0.3 is 0 Å². The highest BCUT2D eigenvalue weighted by molar-refractivity contribution is 7.92. The predicted octanol–water partition coefficient (Wildman–Crippen LogP) is 1.35. The van der Waals surface area contributed by atoms with E-state index in [2.05, 4.69) is 14.9 Å². The van der Waals surface area contributed by atoms with Crippen molar-refractivity contribution in [1.82, 2.24) is 10.2 Å². The van der Waals surface area contributed by atoms with Crippen LogP contribution < -0.4 is 4.72 Å². The fourth-order valence-corrected chi connectivity index (χ4v) is 2.11. The van der Waals surface area contributed by atoms with Gasteiger partial charge in [-0.05, 0) is 18.2 Å². The first kappa shape index (κ1) is 10.6. The third-order valence-electron chi connectivity index (χ3n) is 1.86. The van der Waals surface area contributed by atoms with E-state index in [1.54, 1.807) is 0 Å². The number of H-pyrrole nitrogens is 1. The van der Waals surface area contributed by atoms with Gasteiger partial charge in [-0.3, -0.25) is 9.82 Å². The van der Waals surface area contributed by atoms with E-state index in [-0.39, 0.29) is 10.6 Å². The van der Waals surface area contributed by atoms with E-state index >= 15 is 0 Å². The summed E-state index contributed by atoms with van der Waals surface area (Å²) in [6.07, 6.45) is 2.41. The quantitative estimate of drug-likeness (QED) is 0.851. The number of halogens is 1. The van der Waals surface area contributed by atoms with Crippen molar-refractivity contribution in [3.63, 3.8) is 0 Å². The van der Waals surface area contributed by atoms with E-state index in [1.165, 1.54) is 30.6 Å². The smallest absolute Gasteiger partial charge is 0.265 e. The van der Waals surface area contributed by atoms with E-state index in [9.17, 15) is 12.8 Å². The number of hydrogen-bond acceptors (Lipinski definition) is 3. The Morgan fingerprint density at radius 2 is 2.19 bits per heavy atom. The van der Waals surface area contributed by atoms with Gasteiger partial charge in [0.1, 0.15) is 10.7 Å². The normalized spacial score (nSPS) is 11.3. The van der Waals surface area contributed by atoms with E-state index in [0.29, 0.717) is 0 Å². The van der Waals surface area contributed by atoms with Gasteiger partial charge in [0, 0.05) is 6.20 Å². The maximum absolute atomic E-state index is 12.8. The number of anilines is 1. The monoisotopic (exact) mass is 241 g/mol. The molecule has 0 spiro atoms. The van der Waals surface area contributed by atoms with Crippen LogP contribution in [0.25, 0.3) is 0 Å². The zero-order chi connectivity index (χ0) is 11.6. The summed E-state index contributed by atoms with van der Waals surface area (Å²) in [5.41, 5.74) is 0.168.